The van der Waals surface area contributed by atoms with E-state index in [-0.39, 0.29) is 12.1 Å². The molecule has 0 aliphatic carbocycles. The van der Waals surface area contributed by atoms with Crippen LogP contribution in [0.3, 0.4) is 0 Å². The van der Waals surface area contributed by atoms with Crippen molar-refractivity contribution < 1.29 is 9.53 Å². The van der Waals surface area contributed by atoms with E-state index < -0.39 is 0 Å². The number of carbonyl (C=O) groups is 1. The second-order valence-electron chi connectivity index (χ2n) is 5.79. The van der Waals surface area contributed by atoms with Gasteiger partial charge < -0.3 is 4.74 Å². The minimum atomic E-state index is -0.132. The molecule has 0 aromatic carbocycles. The summed E-state index contributed by atoms with van der Waals surface area (Å²) in [7, 11) is 0. The van der Waals surface area contributed by atoms with Crippen molar-refractivity contribution in [2.75, 3.05) is 0 Å². The van der Waals surface area contributed by atoms with Gasteiger partial charge in [0.25, 0.3) is 0 Å². The normalized spacial score (nSPS) is 19.4. The van der Waals surface area contributed by atoms with Gasteiger partial charge in [0, 0.05) is 12.0 Å². The van der Waals surface area contributed by atoms with Crippen molar-refractivity contribution >= 4 is 5.97 Å². The predicted octanol–water partition coefficient (Wildman–Crippen LogP) is 5.17. The van der Waals surface area contributed by atoms with Crippen LogP contribution >= 0.6 is 0 Å². The molecule has 1 aliphatic rings. The summed E-state index contributed by atoms with van der Waals surface area (Å²) in [6.45, 7) is 6.53. The Morgan fingerprint density at radius 1 is 1.05 bits per heavy atom. The number of unbranched alkanes of at least 4 members (excludes halogenated alkanes) is 5. The zero-order chi connectivity index (χ0) is 15.5. The Morgan fingerprint density at radius 2 is 1.76 bits per heavy atom. The van der Waals surface area contributed by atoms with Gasteiger partial charge in [-0.15, -0.1) is 0 Å². The molecule has 2 heteroatoms. The first-order valence-electron chi connectivity index (χ1n) is 8.67. The van der Waals surface area contributed by atoms with Crippen molar-refractivity contribution in [3.8, 4) is 11.8 Å². The Bertz CT molecular complexity index is 409. The molecule has 0 spiro atoms. The van der Waals surface area contributed by atoms with Crippen LogP contribution in [0.1, 0.15) is 85.0 Å². The first-order valence-corrected chi connectivity index (χ1v) is 8.67. The van der Waals surface area contributed by atoms with Crippen LogP contribution < -0.4 is 0 Å². The highest BCUT2D eigenvalue weighted by atomic mass is 16.6. The summed E-state index contributed by atoms with van der Waals surface area (Å²) in [5, 5.41) is 0. The van der Waals surface area contributed by atoms with Gasteiger partial charge in [-0.3, -0.25) is 0 Å². The number of cyclic esters (lactones) is 1. The number of allylic oxidation sites excluding steroid dienone is 1. The van der Waals surface area contributed by atoms with Gasteiger partial charge in [-0.1, -0.05) is 58.3 Å². The molecule has 0 bridgehead atoms. The molecule has 1 rings (SSSR count). The quantitative estimate of drug-likeness (QED) is 0.253. The lowest BCUT2D eigenvalue weighted by Gasteiger charge is -2.30. The van der Waals surface area contributed by atoms with Crippen molar-refractivity contribution in [2.24, 2.45) is 0 Å². The number of esters is 1. The van der Waals surface area contributed by atoms with Gasteiger partial charge in [-0.05, 0) is 32.1 Å². The Hall–Kier alpha value is -1.23. The fourth-order valence-electron chi connectivity index (χ4n) is 2.48. The minimum absolute atomic E-state index is 0.0105. The van der Waals surface area contributed by atoms with Crippen LogP contribution in [0.15, 0.2) is 11.1 Å². The Kier molecular flexibility index (Phi) is 8.90. The zero-order valence-electron chi connectivity index (χ0n) is 14.0. The molecule has 1 unspecified atom stereocenters. The first kappa shape index (κ1) is 17.8. The van der Waals surface area contributed by atoms with Crippen LogP contribution in [0.5, 0.6) is 0 Å². The van der Waals surface area contributed by atoms with Gasteiger partial charge >= 0.3 is 5.97 Å². The molecular weight excluding hydrogens is 260 g/mol. The summed E-state index contributed by atoms with van der Waals surface area (Å²) < 4.78 is 5.32. The second-order valence-corrected chi connectivity index (χ2v) is 5.79. The van der Waals surface area contributed by atoms with Gasteiger partial charge in [0.2, 0.25) is 0 Å². The number of rotatable bonds is 9. The Labute approximate surface area is 130 Å². The molecule has 1 aliphatic heterocycles. The summed E-state index contributed by atoms with van der Waals surface area (Å²) in [5.74, 6) is 6.38. The zero-order valence-corrected chi connectivity index (χ0v) is 14.0. The van der Waals surface area contributed by atoms with E-state index in [0.29, 0.717) is 0 Å². The largest absolute Gasteiger partial charge is 0.454 e. The highest BCUT2D eigenvalue weighted by molar-refractivity contribution is 5.97. The molecule has 21 heavy (non-hydrogen) atoms. The SMILES string of the molecule is CCCCC#C/C(CCCC)=C1\C(=O)OC1CCCCC. The molecule has 2 nitrogen and oxygen atoms in total. The molecule has 0 amide bonds. The van der Waals surface area contributed by atoms with Gasteiger partial charge in [-0.2, -0.15) is 0 Å². The van der Waals surface area contributed by atoms with E-state index in [1.807, 2.05) is 0 Å². The highest BCUT2D eigenvalue weighted by Crippen LogP contribution is 2.30. The highest BCUT2D eigenvalue weighted by Gasteiger charge is 2.37. The van der Waals surface area contributed by atoms with E-state index in [4.69, 9.17) is 4.74 Å². The average Bonchev–Trinajstić information content (AvgIpc) is 2.47. The lowest BCUT2D eigenvalue weighted by molar-refractivity contribution is -0.156. The molecule has 0 aromatic heterocycles. The summed E-state index contributed by atoms with van der Waals surface area (Å²) in [5.41, 5.74) is 1.93. The van der Waals surface area contributed by atoms with Crippen molar-refractivity contribution in [1.82, 2.24) is 0 Å². The molecule has 0 saturated carbocycles. The smallest absolute Gasteiger partial charge is 0.339 e. The van der Waals surface area contributed by atoms with Gasteiger partial charge in [0.1, 0.15) is 6.10 Å². The maximum atomic E-state index is 11.8. The number of hydrogen-bond acceptors (Lipinski definition) is 2. The molecule has 0 aromatic rings. The monoisotopic (exact) mass is 290 g/mol. The number of carbonyl (C=O) groups excluding carboxylic acids is 1. The summed E-state index contributed by atoms with van der Waals surface area (Å²) in [4.78, 5) is 11.8. The standard InChI is InChI=1S/C19H30O2/c1-4-7-10-12-14-16(13-9-6-3)18-17(21-19(18)20)15-11-8-5-2/h17H,4-11,13,15H2,1-3H3/b18-16-. The molecule has 1 atom stereocenters. The lowest BCUT2D eigenvalue weighted by atomic mass is 9.91. The maximum Gasteiger partial charge on any atom is 0.339 e. The van der Waals surface area contributed by atoms with E-state index in [1.54, 1.807) is 0 Å². The Morgan fingerprint density at radius 3 is 2.38 bits per heavy atom. The van der Waals surface area contributed by atoms with E-state index >= 15 is 0 Å². The fraction of sp³-hybridized carbons (Fsp3) is 0.737. The number of hydrogen-bond donors (Lipinski definition) is 0. The molecule has 1 saturated heterocycles. The van der Waals surface area contributed by atoms with Gasteiger partial charge in [0.05, 0.1) is 5.57 Å². The molecule has 0 radical (unpaired) electrons. The summed E-state index contributed by atoms with van der Waals surface area (Å²) in [6, 6.07) is 0. The third-order valence-corrected chi connectivity index (χ3v) is 3.86. The van der Waals surface area contributed by atoms with E-state index in [9.17, 15) is 4.79 Å². The van der Waals surface area contributed by atoms with Crippen LogP contribution in [0, 0.1) is 11.8 Å². The molecule has 118 valence electrons. The third-order valence-electron chi connectivity index (χ3n) is 3.86. The average molecular weight is 290 g/mol. The van der Waals surface area contributed by atoms with Crippen LogP contribution in [-0.2, 0) is 9.53 Å². The molecule has 1 fully saturated rings. The van der Waals surface area contributed by atoms with Crippen LogP contribution in [-0.4, -0.2) is 12.1 Å². The van der Waals surface area contributed by atoms with Crippen molar-refractivity contribution in [2.45, 2.75) is 91.1 Å². The Balaban J connectivity index is 2.74. The first-order chi connectivity index (χ1) is 10.2. The fourth-order valence-corrected chi connectivity index (χ4v) is 2.48. The summed E-state index contributed by atoms with van der Waals surface area (Å²) >= 11 is 0. The van der Waals surface area contributed by atoms with E-state index in [2.05, 4.69) is 32.6 Å². The third kappa shape index (κ3) is 5.96. The topological polar surface area (TPSA) is 26.3 Å². The number of ether oxygens (including phenoxy) is 1. The maximum absolute atomic E-state index is 11.8. The van der Waals surface area contributed by atoms with Crippen molar-refractivity contribution in [3.05, 3.63) is 11.1 Å². The molecule has 0 N–H and O–H groups in total. The van der Waals surface area contributed by atoms with Gasteiger partial charge in [-0.25, -0.2) is 4.79 Å². The van der Waals surface area contributed by atoms with Crippen LogP contribution in [0.2, 0.25) is 0 Å². The van der Waals surface area contributed by atoms with E-state index in [0.717, 1.165) is 62.5 Å². The van der Waals surface area contributed by atoms with Crippen molar-refractivity contribution in [1.29, 1.82) is 0 Å². The van der Waals surface area contributed by atoms with Crippen molar-refractivity contribution in [3.63, 3.8) is 0 Å². The van der Waals surface area contributed by atoms with Crippen LogP contribution in [0.4, 0.5) is 0 Å². The summed E-state index contributed by atoms with van der Waals surface area (Å²) in [6.07, 6.45) is 10.9. The second kappa shape index (κ2) is 10.5. The predicted molar refractivity (Wildman–Crippen MR) is 87.9 cm³/mol. The minimum Gasteiger partial charge on any atom is -0.454 e. The van der Waals surface area contributed by atoms with Crippen LogP contribution in [0.25, 0.3) is 0 Å². The van der Waals surface area contributed by atoms with E-state index in [1.165, 1.54) is 12.8 Å². The molecule has 1 heterocycles. The molecular formula is C19H30O2. The lowest BCUT2D eigenvalue weighted by Crippen LogP contribution is -2.37. The van der Waals surface area contributed by atoms with Gasteiger partial charge in [0.15, 0.2) is 0 Å².